The molecule has 1 N–H and O–H groups in total. The average molecular weight is 503 g/mol. The van der Waals surface area contributed by atoms with E-state index in [1.807, 2.05) is 53.1 Å². The Morgan fingerprint density at radius 2 is 1.76 bits per heavy atom. The number of imidazole rings is 1. The van der Waals surface area contributed by atoms with Gasteiger partial charge in [-0.05, 0) is 41.5 Å². The number of carbonyl (C=O) groups is 1. The summed E-state index contributed by atoms with van der Waals surface area (Å²) in [5, 5.41) is 5.13. The van der Waals surface area contributed by atoms with Gasteiger partial charge in [-0.25, -0.2) is 10.4 Å². The molecule has 0 saturated carbocycles. The third-order valence-electron chi connectivity index (χ3n) is 4.88. The number of nitrogens with one attached hydrogen (secondary N) is 1. The van der Waals surface area contributed by atoms with Crippen LogP contribution in [0.4, 0.5) is 13.2 Å². The third kappa shape index (κ3) is 5.78. The van der Waals surface area contributed by atoms with Gasteiger partial charge >= 0.3 is 6.18 Å². The second kappa shape index (κ2) is 10.3. The maximum absolute atomic E-state index is 12.6. The second-order valence-electron chi connectivity index (χ2n) is 7.26. The highest BCUT2D eigenvalue weighted by Gasteiger charge is 2.29. The van der Waals surface area contributed by atoms with Gasteiger partial charge in [-0.1, -0.05) is 65.8 Å². The van der Waals surface area contributed by atoms with Crippen molar-refractivity contribution >= 4 is 46.5 Å². The molecule has 0 radical (unpaired) electrons. The van der Waals surface area contributed by atoms with Crippen LogP contribution >= 0.6 is 23.4 Å². The Kier molecular flexibility index (Phi) is 7.23. The highest BCUT2D eigenvalue weighted by molar-refractivity contribution is 7.99. The van der Waals surface area contributed by atoms with Gasteiger partial charge in [0.15, 0.2) is 5.16 Å². The van der Waals surface area contributed by atoms with E-state index in [4.69, 9.17) is 11.6 Å². The molecule has 0 unspecified atom stereocenters. The van der Waals surface area contributed by atoms with E-state index in [9.17, 15) is 18.0 Å². The van der Waals surface area contributed by atoms with Crippen LogP contribution in [-0.2, 0) is 17.5 Å². The van der Waals surface area contributed by atoms with Crippen LogP contribution < -0.4 is 5.43 Å². The molecule has 34 heavy (non-hydrogen) atoms. The number of para-hydroxylation sites is 2. The molecule has 1 amide bonds. The largest absolute Gasteiger partial charge is 0.416 e. The monoisotopic (exact) mass is 502 g/mol. The molecule has 0 atom stereocenters. The normalized spacial score (nSPS) is 11.9. The summed E-state index contributed by atoms with van der Waals surface area (Å²) in [5.41, 5.74) is 4.73. The van der Waals surface area contributed by atoms with Crippen molar-refractivity contribution in [3.8, 4) is 0 Å². The summed E-state index contributed by atoms with van der Waals surface area (Å²) in [7, 11) is 0. The van der Waals surface area contributed by atoms with Crippen LogP contribution in [-0.4, -0.2) is 27.4 Å². The molecule has 0 fully saturated rings. The SMILES string of the molecule is O=C(CSc1nc2ccccc2n1Cc1ccccc1Cl)N/N=C\c1ccc(C(F)(F)F)cc1. The zero-order chi connectivity index (χ0) is 24.1. The fourth-order valence-electron chi connectivity index (χ4n) is 3.21. The van der Waals surface area contributed by atoms with Crippen LogP contribution in [0.5, 0.6) is 0 Å². The fraction of sp³-hybridized carbons (Fsp3) is 0.125. The van der Waals surface area contributed by atoms with E-state index in [-0.39, 0.29) is 11.7 Å². The molecule has 1 aromatic heterocycles. The van der Waals surface area contributed by atoms with Crippen molar-refractivity contribution in [3.05, 3.63) is 94.5 Å². The molecular weight excluding hydrogens is 485 g/mol. The van der Waals surface area contributed by atoms with E-state index in [0.717, 1.165) is 28.7 Å². The summed E-state index contributed by atoms with van der Waals surface area (Å²) < 4.78 is 39.9. The summed E-state index contributed by atoms with van der Waals surface area (Å²) in [6, 6.07) is 19.7. The van der Waals surface area contributed by atoms with Crippen LogP contribution in [0.3, 0.4) is 0 Å². The lowest BCUT2D eigenvalue weighted by Crippen LogP contribution is -2.20. The Morgan fingerprint density at radius 1 is 1.06 bits per heavy atom. The predicted octanol–water partition coefficient (Wildman–Crippen LogP) is 6.00. The number of benzene rings is 3. The van der Waals surface area contributed by atoms with Gasteiger partial charge in [0.2, 0.25) is 0 Å². The zero-order valence-corrected chi connectivity index (χ0v) is 19.2. The van der Waals surface area contributed by atoms with Crippen LogP contribution in [0.1, 0.15) is 16.7 Å². The van der Waals surface area contributed by atoms with Crippen molar-refractivity contribution < 1.29 is 18.0 Å². The third-order valence-corrected chi connectivity index (χ3v) is 6.22. The summed E-state index contributed by atoms with van der Waals surface area (Å²) in [5.74, 6) is -0.319. The predicted molar refractivity (Wildman–Crippen MR) is 128 cm³/mol. The maximum atomic E-state index is 12.6. The van der Waals surface area contributed by atoms with Gasteiger partial charge in [0.25, 0.3) is 5.91 Å². The Bertz CT molecular complexity index is 1340. The Morgan fingerprint density at radius 3 is 2.50 bits per heavy atom. The first-order chi connectivity index (χ1) is 16.3. The number of alkyl halides is 3. The van der Waals surface area contributed by atoms with Crippen LogP contribution in [0.2, 0.25) is 5.02 Å². The number of thioether (sulfide) groups is 1. The van der Waals surface area contributed by atoms with Gasteiger partial charge in [0, 0.05) is 5.02 Å². The van der Waals surface area contributed by atoms with Crippen molar-refractivity contribution in [2.24, 2.45) is 5.10 Å². The standard InChI is InChI=1S/C24H18ClF3N4OS/c25-19-6-2-1-5-17(19)14-32-21-8-4-3-7-20(21)30-23(32)34-15-22(33)31-29-13-16-9-11-18(12-10-16)24(26,27)28/h1-13H,14-15H2,(H,31,33)/b29-13-. The van der Waals surface area contributed by atoms with E-state index in [2.05, 4.69) is 15.5 Å². The smallest absolute Gasteiger partial charge is 0.314 e. The summed E-state index contributed by atoms with van der Waals surface area (Å²) in [6.07, 6.45) is -3.11. The molecule has 0 saturated heterocycles. The van der Waals surface area contributed by atoms with E-state index in [0.29, 0.717) is 22.3 Å². The summed E-state index contributed by atoms with van der Waals surface area (Å²) >= 11 is 7.59. The van der Waals surface area contributed by atoms with Crippen molar-refractivity contribution in [1.29, 1.82) is 0 Å². The number of carbonyl (C=O) groups excluding carboxylic acids is 1. The number of hydrogen-bond acceptors (Lipinski definition) is 4. The quantitative estimate of drug-likeness (QED) is 0.191. The minimum atomic E-state index is -4.40. The molecular formula is C24H18ClF3N4OS. The Hall–Kier alpha value is -3.30. The number of rotatable bonds is 7. The van der Waals surface area contributed by atoms with Gasteiger partial charge in [-0.3, -0.25) is 4.79 Å². The lowest BCUT2D eigenvalue weighted by molar-refractivity contribution is -0.137. The molecule has 4 rings (SSSR count). The highest BCUT2D eigenvalue weighted by Crippen LogP contribution is 2.29. The van der Waals surface area contributed by atoms with Gasteiger partial charge in [0.05, 0.1) is 35.1 Å². The topological polar surface area (TPSA) is 59.3 Å². The number of fused-ring (bicyclic) bond motifs is 1. The van der Waals surface area contributed by atoms with E-state index in [1.165, 1.54) is 30.1 Å². The van der Waals surface area contributed by atoms with E-state index < -0.39 is 11.7 Å². The van der Waals surface area contributed by atoms with Gasteiger partial charge < -0.3 is 4.57 Å². The molecule has 10 heteroatoms. The summed E-state index contributed by atoms with van der Waals surface area (Å²) in [4.78, 5) is 16.9. The number of amides is 1. The molecule has 0 bridgehead atoms. The molecule has 1 heterocycles. The van der Waals surface area contributed by atoms with Gasteiger partial charge in [-0.2, -0.15) is 18.3 Å². The number of nitrogens with zero attached hydrogens (tertiary/aromatic N) is 3. The molecule has 4 aromatic rings. The number of hydrogen-bond donors (Lipinski definition) is 1. The fourth-order valence-corrected chi connectivity index (χ4v) is 4.21. The Labute approximate surface area is 202 Å². The first kappa shape index (κ1) is 23.8. The molecule has 3 aromatic carbocycles. The van der Waals surface area contributed by atoms with Gasteiger partial charge in [0.1, 0.15) is 0 Å². The average Bonchev–Trinajstić information content (AvgIpc) is 3.16. The molecule has 174 valence electrons. The van der Waals surface area contributed by atoms with Gasteiger partial charge in [-0.15, -0.1) is 0 Å². The molecule has 0 aliphatic heterocycles. The number of aromatic nitrogens is 2. The first-order valence-electron chi connectivity index (χ1n) is 10.1. The minimum absolute atomic E-state index is 0.0518. The molecule has 5 nitrogen and oxygen atoms in total. The van der Waals surface area contributed by atoms with Crippen LogP contribution in [0.15, 0.2) is 83.1 Å². The highest BCUT2D eigenvalue weighted by atomic mass is 35.5. The summed E-state index contributed by atoms with van der Waals surface area (Å²) in [6.45, 7) is 0.496. The van der Waals surface area contributed by atoms with E-state index in [1.54, 1.807) is 0 Å². The van der Waals surface area contributed by atoms with Crippen molar-refractivity contribution in [2.45, 2.75) is 17.9 Å². The van der Waals surface area contributed by atoms with E-state index >= 15 is 0 Å². The molecule has 0 aliphatic carbocycles. The Balaban J connectivity index is 1.41. The van der Waals surface area contributed by atoms with Crippen molar-refractivity contribution in [1.82, 2.24) is 15.0 Å². The minimum Gasteiger partial charge on any atom is -0.314 e. The van der Waals surface area contributed by atoms with Crippen molar-refractivity contribution in [3.63, 3.8) is 0 Å². The zero-order valence-electron chi connectivity index (χ0n) is 17.6. The van der Waals surface area contributed by atoms with Crippen molar-refractivity contribution in [2.75, 3.05) is 5.75 Å². The maximum Gasteiger partial charge on any atom is 0.416 e. The van der Waals surface area contributed by atoms with Crippen LogP contribution in [0, 0.1) is 0 Å². The number of hydrazone groups is 1. The number of halogens is 4. The van der Waals surface area contributed by atoms with Crippen LogP contribution in [0.25, 0.3) is 11.0 Å². The molecule has 0 spiro atoms. The lowest BCUT2D eigenvalue weighted by Gasteiger charge is -2.10. The second-order valence-corrected chi connectivity index (χ2v) is 8.61. The molecule has 0 aliphatic rings. The first-order valence-corrected chi connectivity index (χ1v) is 11.5. The lowest BCUT2D eigenvalue weighted by atomic mass is 10.1.